The van der Waals surface area contributed by atoms with Crippen molar-refractivity contribution < 1.29 is 8.42 Å². The molecule has 0 aliphatic rings. The summed E-state index contributed by atoms with van der Waals surface area (Å²) in [4.78, 5) is 0. The third-order valence-electron chi connectivity index (χ3n) is 0.753. The Hall–Kier alpha value is -0.350. The smallest absolute Gasteiger partial charge is 0.212 e. The Morgan fingerprint density at radius 2 is 2.10 bits per heavy atom. The summed E-state index contributed by atoms with van der Waals surface area (Å²) in [6.07, 6.45) is 1.37. The highest BCUT2D eigenvalue weighted by molar-refractivity contribution is 7.89. The van der Waals surface area contributed by atoms with E-state index < -0.39 is 10.0 Å². The van der Waals surface area contributed by atoms with E-state index in [1.807, 2.05) is 0 Å². The van der Waals surface area contributed by atoms with Gasteiger partial charge >= 0.3 is 0 Å². The Bertz CT molecular complexity index is 194. The van der Waals surface area contributed by atoms with Gasteiger partial charge in [0.15, 0.2) is 0 Å². The second-order valence-corrected chi connectivity index (χ2v) is 4.14. The van der Waals surface area contributed by atoms with E-state index in [0.717, 1.165) is 0 Å². The molecule has 10 heavy (non-hydrogen) atoms. The third kappa shape index (κ3) is 4.52. The fourth-order valence-corrected chi connectivity index (χ4v) is 1.69. The number of sulfonamides is 1. The van der Waals surface area contributed by atoms with Crippen molar-refractivity contribution >= 4 is 10.0 Å². The Balaban J connectivity index is 4.01. The van der Waals surface area contributed by atoms with Crippen molar-refractivity contribution in [2.24, 2.45) is 0 Å². The van der Waals surface area contributed by atoms with Gasteiger partial charge in [-0.1, -0.05) is 6.08 Å². The predicted octanol–water partition coefficient (Wildman–Crippen LogP) is 0.500. The van der Waals surface area contributed by atoms with Crippen LogP contribution >= 0.6 is 0 Å². The van der Waals surface area contributed by atoms with Crippen LogP contribution in [0.25, 0.3) is 0 Å². The van der Waals surface area contributed by atoms with Crippen molar-refractivity contribution in [2.45, 2.75) is 19.9 Å². The molecule has 3 nitrogen and oxygen atoms in total. The van der Waals surface area contributed by atoms with Crippen LogP contribution in [0.5, 0.6) is 0 Å². The predicted molar refractivity (Wildman–Crippen MR) is 42.3 cm³/mol. The summed E-state index contributed by atoms with van der Waals surface area (Å²) >= 11 is 0. The zero-order chi connectivity index (χ0) is 8.20. The molecule has 0 saturated carbocycles. The molecule has 0 aliphatic carbocycles. The summed E-state index contributed by atoms with van der Waals surface area (Å²) < 4.78 is 24.1. The van der Waals surface area contributed by atoms with Gasteiger partial charge < -0.3 is 0 Å². The molecule has 0 aromatic carbocycles. The Kier molecular flexibility index (Phi) is 3.60. The summed E-state index contributed by atoms with van der Waals surface area (Å²) in [5.74, 6) is -0.00875. The Morgan fingerprint density at radius 3 is 2.40 bits per heavy atom. The van der Waals surface area contributed by atoms with Crippen molar-refractivity contribution in [1.82, 2.24) is 4.72 Å². The van der Waals surface area contributed by atoms with E-state index in [2.05, 4.69) is 11.3 Å². The van der Waals surface area contributed by atoms with Crippen LogP contribution in [0.4, 0.5) is 0 Å². The van der Waals surface area contributed by atoms with Gasteiger partial charge in [-0.15, -0.1) is 6.58 Å². The molecule has 0 amide bonds. The normalized spacial score (nSPS) is 11.9. The first-order valence-electron chi connectivity index (χ1n) is 3.09. The number of hydrogen-bond acceptors (Lipinski definition) is 2. The van der Waals surface area contributed by atoms with Crippen molar-refractivity contribution in [3.63, 3.8) is 0 Å². The Labute approximate surface area is 62.2 Å². The molecule has 0 unspecified atom stereocenters. The van der Waals surface area contributed by atoms with Crippen LogP contribution in [-0.2, 0) is 10.0 Å². The summed E-state index contributed by atoms with van der Waals surface area (Å²) in [6, 6.07) is -0.0371. The quantitative estimate of drug-likeness (QED) is 0.613. The maximum absolute atomic E-state index is 10.9. The van der Waals surface area contributed by atoms with Gasteiger partial charge in [0.2, 0.25) is 10.0 Å². The maximum atomic E-state index is 10.9. The summed E-state index contributed by atoms with van der Waals surface area (Å²) in [6.45, 7) is 6.89. The highest BCUT2D eigenvalue weighted by Gasteiger charge is 2.07. The van der Waals surface area contributed by atoms with E-state index in [-0.39, 0.29) is 11.8 Å². The largest absolute Gasteiger partial charge is 0.215 e. The molecular formula is C6H13NO2S. The van der Waals surface area contributed by atoms with Crippen molar-refractivity contribution in [1.29, 1.82) is 0 Å². The molecule has 1 N–H and O–H groups in total. The van der Waals surface area contributed by atoms with Crippen LogP contribution in [-0.4, -0.2) is 20.2 Å². The fourth-order valence-electron chi connectivity index (χ4n) is 0.562. The van der Waals surface area contributed by atoms with Gasteiger partial charge in [-0.2, -0.15) is 0 Å². The second kappa shape index (κ2) is 3.73. The molecule has 0 heterocycles. The molecule has 0 spiro atoms. The minimum Gasteiger partial charge on any atom is -0.212 e. The lowest BCUT2D eigenvalue weighted by molar-refractivity contribution is 0.573. The highest BCUT2D eigenvalue weighted by atomic mass is 32.2. The van der Waals surface area contributed by atoms with Gasteiger partial charge in [0, 0.05) is 6.04 Å². The number of hydrogen-bond donors (Lipinski definition) is 1. The first-order chi connectivity index (χ1) is 4.48. The Morgan fingerprint density at radius 1 is 1.60 bits per heavy atom. The van der Waals surface area contributed by atoms with Gasteiger partial charge in [0.05, 0.1) is 5.75 Å². The molecule has 60 valence electrons. The van der Waals surface area contributed by atoms with E-state index in [1.54, 1.807) is 13.8 Å². The van der Waals surface area contributed by atoms with Crippen LogP contribution in [0.15, 0.2) is 12.7 Å². The maximum Gasteiger partial charge on any atom is 0.215 e. The lowest BCUT2D eigenvalue weighted by Gasteiger charge is -2.06. The van der Waals surface area contributed by atoms with Gasteiger partial charge in [-0.05, 0) is 13.8 Å². The standard InChI is InChI=1S/C6H13NO2S/c1-4-5-10(8,9)7-6(2)3/h4,6-7H,1,5H2,2-3H3. The molecule has 0 atom stereocenters. The summed E-state index contributed by atoms with van der Waals surface area (Å²) in [5, 5.41) is 0. The van der Waals surface area contributed by atoms with Crippen LogP contribution in [0, 0.1) is 0 Å². The number of rotatable bonds is 4. The molecule has 0 bridgehead atoms. The van der Waals surface area contributed by atoms with E-state index in [9.17, 15) is 8.42 Å². The number of nitrogens with one attached hydrogen (secondary N) is 1. The second-order valence-electron chi connectivity index (χ2n) is 2.34. The highest BCUT2D eigenvalue weighted by Crippen LogP contribution is 1.87. The van der Waals surface area contributed by atoms with E-state index in [1.165, 1.54) is 6.08 Å². The third-order valence-corrected chi connectivity index (χ3v) is 2.26. The topological polar surface area (TPSA) is 46.2 Å². The minimum atomic E-state index is -3.10. The van der Waals surface area contributed by atoms with Crippen molar-refractivity contribution in [3.05, 3.63) is 12.7 Å². The molecule has 0 aromatic rings. The lowest BCUT2D eigenvalue weighted by Crippen LogP contribution is -2.31. The summed E-state index contributed by atoms with van der Waals surface area (Å²) in [7, 11) is -3.10. The molecule has 0 radical (unpaired) electrons. The monoisotopic (exact) mass is 163 g/mol. The van der Waals surface area contributed by atoms with Gasteiger partial charge in [0.1, 0.15) is 0 Å². The SMILES string of the molecule is C=CCS(=O)(=O)NC(C)C. The fraction of sp³-hybridized carbons (Fsp3) is 0.667. The van der Waals surface area contributed by atoms with Crippen LogP contribution in [0.3, 0.4) is 0 Å². The van der Waals surface area contributed by atoms with Crippen molar-refractivity contribution in [3.8, 4) is 0 Å². The van der Waals surface area contributed by atoms with Gasteiger partial charge in [-0.25, -0.2) is 13.1 Å². The molecule has 0 aromatic heterocycles. The van der Waals surface area contributed by atoms with Crippen LogP contribution in [0.1, 0.15) is 13.8 Å². The lowest BCUT2D eigenvalue weighted by atomic mass is 10.4. The molecule has 4 heteroatoms. The molecule has 0 rings (SSSR count). The van der Waals surface area contributed by atoms with Gasteiger partial charge in [0.25, 0.3) is 0 Å². The molecule has 0 aliphatic heterocycles. The zero-order valence-corrected chi connectivity index (χ0v) is 7.11. The van der Waals surface area contributed by atoms with Crippen LogP contribution < -0.4 is 4.72 Å². The van der Waals surface area contributed by atoms with Crippen LogP contribution in [0.2, 0.25) is 0 Å². The van der Waals surface area contributed by atoms with E-state index >= 15 is 0 Å². The molecular weight excluding hydrogens is 150 g/mol. The van der Waals surface area contributed by atoms with Crippen molar-refractivity contribution in [2.75, 3.05) is 5.75 Å². The van der Waals surface area contributed by atoms with Gasteiger partial charge in [-0.3, -0.25) is 0 Å². The average Bonchev–Trinajstić information content (AvgIpc) is 1.59. The van der Waals surface area contributed by atoms with E-state index in [0.29, 0.717) is 0 Å². The van der Waals surface area contributed by atoms with E-state index in [4.69, 9.17) is 0 Å². The first kappa shape index (κ1) is 9.65. The minimum absolute atomic E-state index is 0.00875. The molecule has 0 fully saturated rings. The molecule has 0 saturated heterocycles. The zero-order valence-electron chi connectivity index (χ0n) is 6.29. The first-order valence-corrected chi connectivity index (χ1v) is 4.74. The summed E-state index contributed by atoms with van der Waals surface area (Å²) in [5.41, 5.74) is 0. The average molecular weight is 163 g/mol.